The smallest absolute Gasteiger partial charge is 0.175 e. The standard InChI is InChI=1S/C15H18O3S/c1-19(17,18)13-4-2-3-12(9-13)15(16)14-8-10-5-6-11(14)7-10/h2-4,9-11,14H,5-8H2,1H3. The van der Waals surface area contributed by atoms with Gasteiger partial charge in [0.1, 0.15) is 0 Å². The third-order valence-corrected chi connectivity index (χ3v) is 5.73. The van der Waals surface area contributed by atoms with Gasteiger partial charge in [0.2, 0.25) is 0 Å². The lowest BCUT2D eigenvalue weighted by molar-refractivity contribution is 0.0874. The van der Waals surface area contributed by atoms with Gasteiger partial charge in [0.15, 0.2) is 15.6 Å². The SMILES string of the molecule is CS(=O)(=O)c1cccc(C(=O)C2CC3CCC2C3)c1. The molecule has 0 aromatic heterocycles. The first-order valence-electron chi connectivity index (χ1n) is 6.79. The van der Waals surface area contributed by atoms with Gasteiger partial charge in [0.05, 0.1) is 4.90 Å². The predicted octanol–water partition coefficient (Wildman–Crippen LogP) is 2.71. The van der Waals surface area contributed by atoms with Crippen molar-refractivity contribution in [3.63, 3.8) is 0 Å². The molecule has 4 heteroatoms. The molecule has 3 unspecified atom stereocenters. The number of sulfone groups is 1. The zero-order valence-electron chi connectivity index (χ0n) is 11.0. The van der Waals surface area contributed by atoms with Crippen LogP contribution < -0.4 is 0 Å². The highest BCUT2D eigenvalue weighted by Gasteiger charge is 2.43. The van der Waals surface area contributed by atoms with Gasteiger partial charge >= 0.3 is 0 Å². The number of fused-ring (bicyclic) bond motifs is 2. The number of benzene rings is 1. The van der Waals surface area contributed by atoms with Gasteiger partial charge in [-0.2, -0.15) is 0 Å². The first-order valence-corrected chi connectivity index (χ1v) is 8.68. The fraction of sp³-hybridized carbons (Fsp3) is 0.533. The van der Waals surface area contributed by atoms with Crippen molar-refractivity contribution >= 4 is 15.6 Å². The first kappa shape index (κ1) is 12.9. The Morgan fingerprint density at radius 2 is 2.00 bits per heavy atom. The maximum atomic E-state index is 12.5. The summed E-state index contributed by atoms with van der Waals surface area (Å²) in [7, 11) is -3.24. The van der Waals surface area contributed by atoms with Gasteiger partial charge in [0, 0.05) is 17.7 Å². The summed E-state index contributed by atoms with van der Waals surface area (Å²) in [6, 6.07) is 6.48. The Kier molecular flexibility index (Phi) is 3.01. The van der Waals surface area contributed by atoms with Crippen molar-refractivity contribution in [3.8, 4) is 0 Å². The highest BCUT2D eigenvalue weighted by atomic mass is 32.2. The lowest BCUT2D eigenvalue weighted by atomic mass is 9.83. The van der Waals surface area contributed by atoms with Gasteiger partial charge < -0.3 is 0 Å². The van der Waals surface area contributed by atoms with E-state index in [0.29, 0.717) is 11.5 Å². The third-order valence-electron chi connectivity index (χ3n) is 4.62. The van der Waals surface area contributed by atoms with Crippen molar-refractivity contribution < 1.29 is 13.2 Å². The molecule has 2 aliphatic carbocycles. The fourth-order valence-electron chi connectivity index (χ4n) is 3.66. The summed E-state index contributed by atoms with van der Waals surface area (Å²) in [5.41, 5.74) is 0.556. The number of carbonyl (C=O) groups is 1. The summed E-state index contributed by atoms with van der Waals surface area (Å²) in [6.07, 6.45) is 5.77. The molecular formula is C15H18O3S. The van der Waals surface area contributed by atoms with Gasteiger partial charge in [-0.15, -0.1) is 0 Å². The average molecular weight is 278 g/mol. The Balaban J connectivity index is 1.88. The summed E-state index contributed by atoms with van der Waals surface area (Å²) in [5.74, 6) is 1.50. The van der Waals surface area contributed by atoms with E-state index in [0.717, 1.165) is 18.8 Å². The van der Waals surface area contributed by atoms with Crippen LogP contribution in [0, 0.1) is 17.8 Å². The summed E-state index contributed by atoms with van der Waals surface area (Å²) in [5, 5.41) is 0. The second kappa shape index (κ2) is 4.44. The zero-order valence-corrected chi connectivity index (χ0v) is 11.8. The minimum absolute atomic E-state index is 0.119. The molecule has 0 amide bonds. The van der Waals surface area contributed by atoms with E-state index in [1.54, 1.807) is 18.2 Å². The van der Waals surface area contributed by atoms with Crippen molar-refractivity contribution in [2.75, 3.05) is 6.26 Å². The Labute approximate surface area is 113 Å². The predicted molar refractivity (Wildman–Crippen MR) is 72.8 cm³/mol. The quantitative estimate of drug-likeness (QED) is 0.799. The summed E-state index contributed by atoms with van der Waals surface area (Å²) >= 11 is 0. The number of hydrogen-bond acceptors (Lipinski definition) is 3. The molecule has 19 heavy (non-hydrogen) atoms. The molecule has 0 saturated heterocycles. The van der Waals surface area contributed by atoms with Crippen LogP contribution in [0.2, 0.25) is 0 Å². The molecule has 1 aromatic carbocycles. The van der Waals surface area contributed by atoms with Gasteiger partial charge in [0.25, 0.3) is 0 Å². The van der Waals surface area contributed by atoms with Crippen LogP contribution in [0.3, 0.4) is 0 Å². The van der Waals surface area contributed by atoms with E-state index in [2.05, 4.69) is 0 Å². The van der Waals surface area contributed by atoms with Crippen molar-refractivity contribution in [1.82, 2.24) is 0 Å². The van der Waals surface area contributed by atoms with E-state index in [-0.39, 0.29) is 16.6 Å². The molecule has 3 rings (SSSR count). The van der Waals surface area contributed by atoms with Gasteiger partial charge in [-0.25, -0.2) is 8.42 Å². The number of rotatable bonds is 3. The molecule has 102 valence electrons. The number of hydrogen-bond donors (Lipinski definition) is 0. The zero-order chi connectivity index (χ0) is 13.6. The Bertz CT molecular complexity index is 618. The molecule has 0 radical (unpaired) electrons. The fourth-order valence-corrected chi connectivity index (χ4v) is 4.33. The molecule has 3 nitrogen and oxygen atoms in total. The van der Waals surface area contributed by atoms with Crippen molar-refractivity contribution in [1.29, 1.82) is 0 Å². The molecule has 0 heterocycles. The number of Topliss-reactive ketones (excluding diaryl/α,β-unsaturated/α-hetero) is 1. The monoisotopic (exact) mass is 278 g/mol. The van der Waals surface area contributed by atoms with E-state index in [4.69, 9.17) is 0 Å². The lowest BCUT2D eigenvalue weighted by Gasteiger charge is -2.20. The van der Waals surface area contributed by atoms with E-state index >= 15 is 0 Å². The second-order valence-electron chi connectivity index (χ2n) is 5.95. The Morgan fingerprint density at radius 1 is 1.21 bits per heavy atom. The van der Waals surface area contributed by atoms with Crippen LogP contribution in [0.1, 0.15) is 36.0 Å². The largest absolute Gasteiger partial charge is 0.294 e. The van der Waals surface area contributed by atoms with E-state index in [1.807, 2.05) is 0 Å². The molecule has 3 atom stereocenters. The Hall–Kier alpha value is -1.16. The number of carbonyl (C=O) groups excluding carboxylic acids is 1. The highest BCUT2D eigenvalue weighted by Crippen LogP contribution is 2.49. The van der Waals surface area contributed by atoms with Crippen LogP contribution in [-0.2, 0) is 9.84 Å². The topological polar surface area (TPSA) is 51.2 Å². The molecular weight excluding hydrogens is 260 g/mol. The molecule has 0 spiro atoms. The summed E-state index contributed by atoms with van der Waals surface area (Å²) in [6.45, 7) is 0. The Morgan fingerprint density at radius 3 is 2.58 bits per heavy atom. The number of ketones is 1. The minimum atomic E-state index is -3.24. The maximum absolute atomic E-state index is 12.5. The molecule has 2 bridgehead atoms. The summed E-state index contributed by atoms with van der Waals surface area (Å²) in [4.78, 5) is 12.8. The van der Waals surface area contributed by atoms with Crippen LogP contribution >= 0.6 is 0 Å². The van der Waals surface area contributed by atoms with Crippen LogP contribution in [0.5, 0.6) is 0 Å². The molecule has 1 aromatic rings. The normalized spacial score (nSPS) is 29.6. The van der Waals surface area contributed by atoms with Gasteiger partial charge in [-0.3, -0.25) is 4.79 Å². The van der Waals surface area contributed by atoms with Crippen molar-refractivity contribution in [2.45, 2.75) is 30.6 Å². The molecule has 2 fully saturated rings. The van der Waals surface area contributed by atoms with E-state index in [9.17, 15) is 13.2 Å². The third kappa shape index (κ3) is 2.34. The first-order chi connectivity index (χ1) is 8.95. The minimum Gasteiger partial charge on any atom is -0.294 e. The molecule has 0 N–H and O–H groups in total. The maximum Gasteiger partial charge on any atom is 0.175 e. The van der Waals surface area contributed by atoms with Gasteiger partial charge in [-0.05, 0) is 43.2 Å². The van der Waals surface area contributed by atoms with Crippen molar-refractivity contribution in [3.05, 3.63) is 29.8 Å². The molecule has 0 aliphatic heterocycles. The summed E-state index contributed by atoms with van der Waals surface area (Å²) < 4.78 is 23.1. The molecule has 2 aliphatic rings. The van der Waals surface area contributed by atoms with E-state index in [1.165, 1.54) is 25.2 Å². The van der Waals surface area contributed by atoms with Crippen LogP contribution in [0.4, 0.5) is 0 Å². The van der Waals surface area contributed by atoms with Crippen LogP contribution in [-0.4, -0.2) is 20.5 Å². The van der Waals surface area contributed by atoms with E-state index < -0.39 is 9.84 Å². The highest BCUT2D eigenvalue weighted by molar-refractivity contribution is 7.90. The second-order valence-corrected chi connectivity index (χ2v) is 7.96. The average Bonchev–Trinajstić information content (AvgIpc) is 2.99. The van der Waals surface area contributed by atoms with Crippen LogP contribution in [0.25, 0.3) is 0 Å². The molecule has 2 saturated carbocycles. The lowest BCUT2D eigenvalue weighted by Crippen LogP contribution is -2.21. The van der Waals surface area contributed by atoms with Crippen LogP contribution in [0.15, 0.2) is 29.2 Å². The van der Waals surface area contributed by atoms with Gasteiger partial charge in [-0.1, -0.05) is 18.6 Å². The van der Waals surface area contributed by atoms with Crippen molar-refractivity contribution in [2.24, 2.45) is 17.8 Å².